The highest BCUT2D eigenvalue weighted by atomic mass is 35.7. The Morgan fingerprint density at radius 1 is 0.731 bits per heavy atom. The summed E-state index contributed by atoms with van der Waals surface area (Å²) in [6.07, 6.45) is 0. The smallest absolute Gasteiger partial charge is 0.238 e. The van der Waals surface area contributed by atoms with E-state index in [2.05, 4.69) is 54.6 Å². The molecule has 0 N–H and O–H groups in total. The maximum Gasteiger partial charge on any atom is 0.238 e. The first-order valence-corrected chi connectivity index (χ1v) is 9.75. The minimum atomic E-state index is -4.94. The average molecular weight is 393 g/mol. The van der Waals surface area contributed by atoms with E-state index in [1.165, 1.54) is 20.9 Å². The highest BCUT2D eigenvalue weighted by Crippen LogP contribution is 2.32. The summed E-state index contributed by atoms with van der Waals surface area (Å²) in [5.74, 6) is 0.922. The second-order valence-electron chi connectivity index (χ2n) is 5.06. The van der Waals surface area contributed by atoms with Crippen molar-refractivity contribution in [3.8, 4) is 26.6 Å². The maximum atomic E-state index is 8.49. The molecule has 0 saturated carbocycles. The average Bonchev–Trinajstić information content (AvgIpc) is 2.62. The number of ether oxygens (including phenoxy) is 1. The van der Waals surface area contributed by atoms with Gasteiger partial charge in [0.2, 0.25) is 21.1 Å². The summed E-state index contributed by atoms with van der Waals surface area (Å²) in [5.41, 5.74) is 2.48. The normalized spacial score (nSPS) is 10.7. The molecule has 7 heteroatoms. The standard InChI is InChI=1S/C19H17OS.ClHO4/c1-2-20-17-13-11-16(12-14-17)19-10-6-9-18(21-19)15-7-4-3-5-8-15;2-1(3,4)5/h3-14H,2H2,1H3;(H,2,3,4,5)/q+1;/p-1. The van der Waals surface area contributed by atoms with E-state index in [1.54, 1.807) is 0 Å². The molecule has 0 amide bonds. The van der Waals surface area contributed by atoms with Crippen molar-refractivity contribution >= 4 is 11.3 Å². The van der Waals surface area contributed by atoms with Gasteiger partial charge in [-0.3, -0.25) is 0 Å². The monoisotopic (exact) mass is 392 g/mol. The Labute approximate surface area is 158 Å². The van der Waals surface area contributed by atoms with Crippen molar-refractivity contribution in [1.82, 2.24) is 0 Å². The van der Waals surface area contributed by atoms with Crippen LogP contribution in [-0.2, 0) is 0 Å². The zero-order chi connectivity index (χ0) is 19.0. The summed E-state index contributed by atoms with van der Waals surface area (Å²) in [6, 6.07) is 25.2. The minimum Gasteiger partial charge on any atom is -0.494 e. The van der Waals surface area contributed by atoms with E-state index in [9.17, 15) is 0 Å². The molecule has 0 fully saturated rings. The van der Waals surface area contributed by atoms with Crippen LogP contribution in [0, 0.1) is 10.2 Å². The molecule has 3 rings (SSSR count). The summed E-state index contributed by atoms with van der Waals surface area (Å²) in [5, 5.41) is 0. The fraction of sp³-hybridized carbons (Fsp3) is 0.105. The molecular formula is C19H17ClO5S. The second kappa shape index (κ2) is 9.59. The predicted octanol–water partition coefficient (Wildman–Crippen LogP) is 1.01. The molecule has 0 unspecified atom stereocenters. The summed E-state index contributed by atoms with van der Waals surface area (Å²) >= 11 is 1.81. The van der Waals surface area contributed by atoms with Gasteiger partial charge in [-0.2, -0.15) is 0 Å². The predicted molar refractivity (Wildman–Crippen MR) is 90.8 cm³/mol. The fourth-order valence-corrected chi connectivity index (χ4v) is 3.24. The van der Waals surface area contributed by atoms with Crippen molar-refractivity contribution < 1.29 is 33.6 Å². The van der Waals surface area contributed by atoms with Crippen molar-refractivity contribution in [2.24, 2.45) is 0 Å². The Morgan fingerprint density at radius 2 is 1.23 bits per heavy atom. The molecule has 0 saturated heterocycles. The Balaban J connectivity index is 0.000000431. The van der Waals surface area contributed by atoms with Gasteiger partial charge in [-0.15, -0.1) is 10.2 Å². The fourth-order valence-electron chi connectivity index (χ4n) is 2.20. The van der Waals surface area contributed by atoms with Crippen LogP contribution in [-0.4, -0.2) is 6.61 Å². The van der Waals surface area contributed by atoms with E-state index in [1.807, 2.05) is 36.5 Å². The van der Waals surface area contributed by atoms with E-state index in [-0.39, 0.29) is 0 Å². The van der Waals surface area contributed by atoms with E-state index >= 15 is 0 Å². The van der Waals surface area contributed by atoms with Crippen LogP contribution in [0.4, 0.5) is 0 Å². The Kier molecular flexibility index (Phi) is 7.47. The van der Waals surface area contributed by atoms with E-state index in [0.29, 0.717) is 6.61 Å². The minimum absolute atomic E-state index is 0.700. The van der Waals surface area contributed by atoms with Crippen LogP contribution in [0.3, 0.4) is 0 Å². The van der Waals surface area contributed by atoms with Crippen molar-refractivity contribution in [3.05, 3.63) is 72.8 Å². The van der Waals surface area contributed by atoms with Crippen molar-refractivity contribution in [1.29, 1.82) is 0 Å². The highest BCUT2D eigenvalue weighted by molar-refractivity contribution is 7.18. The third-order valence-electron chi connectivity index (χ3n) is 3.22. The Morgan fingerprint density at radius 3 is 1.73 bits per heavy atom. The quantitative estimate of drug-likeness (QED) is 0.616. The van der Waals surface area contributed by atoms with Crippen molar-refractivity contribution in [2.45, 2.75) is 6.92 Å². The summed E-state index contributed by atoms with van der Waals surface area (Å²) < 4.78 is 39.5. The van der Waals surface area contributed by atoms with Crippen LogP contribution in [0.25, 0.3) is 20.9 Å². The first-order chi connectivity index (χ1) is 12.4. The largest absolute Gasteiger partial charge is 0.494 e. The first kappa shape index (κ1) is 20.3. The molecule has 0 aliphatic rings. The topological polar surface area (TPSA) is 101 Å². The summed E-state index contributed by atoms with van der Waals surface area (Å²) in [6.45, 7) is 2.70. The lowest BCUT2D eigenvalue weighted by Crippen LogP contribution is -2.68. The Bertz CT molecular complexity index is 798. The van der Waals surface area contributed by atoms with Crippen molar-refractivity contribution in [3.63, 3.8) is 0 Å². The number of benzene rings is 2. The van der Waals surface area contributed by atoms with Crippen LogP contribution < -0.4 is 23.4 Å². The number of rotatable bonds is 4. The van der Waals surface area contributed by atoms with Gasteiger partial charge < -0.3 is 4.74 Å². The molecule has 3 aromatic rings. The number of halogens is 1. The molecule has 0 aliphatic heterocycles. The molecule has 0 aliphatic carbocycles. The summed E-state index contributed by atoms with van der Waals surface area (Å²) in [7, 11) is -4.94. The Hall–Kier alpha value is -2.06. The maximum absolute atomic E-state index is 8.49. The molecule has 1 aromatic heterocycles. The molecule has 5 nitrogen and oxygen atoms in total. The van der Waals surface area contributed by atoms with Gasteiger partial charge in [-0.05, 0) is 43.3 Å². The zero-order valence-electron chi connectivity index (χ0n) is 14.0. The van der Waals surface area contributed by atoms with Crippen LogP contribution in [0.1, 0.15) is 6.92 Å². The second-order valence-corrected chi connectivity index (χ2v) is 6.90. The highest BCUT2D eigenvalue weighted by Gasteiger charge is 2.15. The third-order valence-corrected chi connectivity index (χ3v) is 4.41. The SMILES string of the molecule is CCOc1ccc(-c2cccc(-c3ccccc3)[s+]2)cc1.[O-][Cl+3]([O-])([O-])[O-]. The molecule has 136 valence electrons. The molecular weight excluding hydrogens is 376 g/mol. The van der Waals surface area contributed by atoms with Crippen LogP contribution >= 0.6 is 11.3 Å². The molecule has 0 bridgehead atoms. The van der Waals surface area contributed by atoms with Gasteiger partial charge in [0.15, 0.2) is 0 Å². The lowest BCUT2D eigenvalue weighted by atomic mass is 10.1. The van der Waals surface area contributed by atoms with Gasteiger partial charge >= 0.3 is 0 Å². The van der Waals surface area contributed by atoms with Gasteiger partial charge in [0.25, 0.3) is 0 Å². The van der Waals surface area contributed by atoms with E-state index in [0.717, 1.165) is 5.75 Å². The van der Waals surface area contributed by atoms with Crippen molar-refractivity contribution in [2.75, 3.05) is 6.61 Å². The van der Waals surface area contributed by atoms with E-state index < -0.39 is 10.2 Å². The summed E-state index contributed by atoms with van der Waals surface area (Å²) in [4.78, 5) is 2.54. The molecule has 0 radical (unpaired) electrons. The number of hydrogen-bond acceptors (Lipinski definition) is 5. The molecule has 0 atom stereocenters. The van der Waals surface area contributed by atoms with Gasteiger partial charge in [0, 0.05) is 23.3 Å². The lowest BCUT2D eigenvalue weighted by Gasteiger charge is -2.17. The zero-order valence-corrected chi connectivity index (χ0v) is 15.5. The first-order valence-electron chi connectivity index (χ1n) is 7.70. The lowest BCUT2D eigenvalue weighted by molar-refractivity contribution is -2.00. The molecule has 0 spiro atoms. The third kappa shape index (κ3) is 7.05. The molecule has 1 heterocycles. The van der Waals surface area contributed by atoms with Crippen LogP contribution in [0.2, 0.25) is 0 Å². The van der Waals surface area contributed by atoms with Gasteiger partial charge in [-0.25, -0.2) is 18.6 Å². The van der Waals surface area contributed by atoms with Crippen LogP contribution in [0.5, 0.6) is 5.75 Å². The van der Waals surface area contributed by atoms with E-state index in [4.69, 9.17) is 23.4 Å². The van der Waals surface area contributed by atoms with Gasteiger partial charge in [0.05, 0.1) is 6.61 Å². The van der Waals surface area contributed by atoms with Gasteiger partial charge in [-0.1, -0.05) is 24.3 Å². The van der Waals surface area contributed by atoms with Gasteiger partial charge in [0.1, 0.15) is 5.75 Å². The molecule has 26 heavy (non-hydrogen) atoms. The number of hydrogen-bond donors (Lipinski definition) is 0. The molecule has 2 aromatic carbocycles. The van der Waals surface area contributed by atoms with Crippen LogP contribution in [0.15, 0.2) is 72.8 Å².